The van der Waals surface area contributed by atoms with Crippen molar-refractivity contribution >= 4 is 17.4 Å². The first-order valence-electron chi connectivity index (χ1n) is 12.4. The number of carbonyl (C=O) groups excluding carboxylic acids is 1. The van der Waals surface area contributed by atoms with Crippen LogP contribution in [-0.4, -0.2) is 70.4 Å². The van der Waals surface area contributed by atoms with E-state index in [9.17, 15) is 4.79 Å². The molecule has 37 heavy (non-hydrogen) atoms. The van der Waals surface area contributed by atoms with Crippen LogP contribution in [0.1, 0.15) is 34.0 Å². The standard InChI is InChI=1S/C28H32N4O5/c1-34-21-7-5-20(6-8-21)31-9-11-32(12-10-31)28-29-17-22-23(30-28)13-18(14-24(22)33)19-15-25(35-2)27(37-4)26(16-19)36-3/h5-8,15-18H,9-14H2,1-4H3/t18-/m0/s1. The Bertz CT molecular complexity index is 1250. The van der Waals surface area contributed by atoms with E-state index in [2.05, 4.69) is 26.9 Å². The van der Waals surface area contributed by atoms with Crippen molar-refractivity contribution in [1.29, 1.82) is 0 Å². The minimum atomic E-state index is -0.0385. The molecule has 0 saturated carbocycles. The molecule has 1 fully saturated rings. The van der Waals surface area contributed by atoms with Gasteiger partial charge in [0, 0.05) is 44.5 Å². The topological polar surface area (TPSA) is 86.2 Å². The largest absolute Gasteiger partial charge is 0.497 e. The van der Waals surface area contributed by atoms with Gasteiger partial charge in [-0.25, -0.2) is 9.97 Å². The van der Waals surface area contributed by atoms with Crippen molar-refractivity contribution in [2.24, 2.45) is 0 Å². The summed E-state index contributed by atoms with van der Waals surface area (Å²) in [5, 5.41) is 0. The maximum Gasteiger partial charge on any atom is 0.225 e. The highest BCUT2D eigenvalue weighted by Gasteiger charge is 2.30. The number of carbonyl (C=O) groups is 1. The van der Waals surface area contributed by atoms with E-state index < -0.39 is 0 Å². The molecule has 2 heterocycles. The lowest BCUT2D eigenvalue weighted by molar-refractivity contribution is 0.0962. The Kier molecular flexibility index (Phi) is 7.03. The number of anilines is 2. The molecule has 194 valence electrons. The number of benzene rings is 2. The lowest BCUT2D eigenvalue weighted by atomic mass is 9.82. The molecule has 1 atom stereocenters. The second-order valence-electron chi connectivity index (χ2n) is 9.19. The molecule has 2 aromatic carbocycles. The molecule has 9 heteroatoms. The molecule has 2 aliphatic rings. The average molecular weight is 505 g/mol. The van der Waals surface area contributed by atoms with Crippen LogP contribution >= 0.6 is 0 Å². The van der Waals surface area contributed by atoms with Crippen molar-refractivity contribution in [2.45, 2.75) is 18.8 Å². The minimum Gasteiger partial charge on any atom is -0.497 e. The fourth-order valence-electron chi connectivity index (χ4n) is 5.12. The summed E-state index contributed by atoms with van der Waals surface area (Å²) >= 11 is 0. The minimum absolute atomic E-state index is 0.0385. The fraction of sp³-hybridized carbons (Fsp3) is 0.393. The summed E-state index contributed by atoms with van der Waals surface area (Å²) in [7, 11) is 6.44. The number of nitrogens with zero attached hydrogens (tertiary/aromatic N) is 4. The van der Waals surface area contributed by atoms with Gasteiger partial charge in [0.25, 0.3) is 0 Å². The molecule has 0 spiro atoms. The van der Waals surface area contributed by atoms with Crippen molar-refractivity contribution in [1.82, 2.24) is 9.97 Å². The highest BCUT2D eigenvalue weighted by atomic mass is 16.5. The molecular formula is C28H32N4O5. The van der Waals surface area contributed by atoms with Gasteiger partial charge in [-0.05, 0) is 54.3 Å². The molecule has 0 N–H and O–H groups in total. The summed E-state index contributed by atoms with van der Waals surface area (Å²) < 4.78 is 21.8. The Balaban J connectivity index is 1.33. The summed E-state index contributed by atoms with van der Waals surface area (Å²) in [6, 6.07) is 12.0. The van der Waals surface area contributed by atoms with E-state index in [0.717, 1.165) is 43.2 Å². The van der Waals surface area contributed by atoms with Crippen LogP contribution < -0.4 is 28.7 Å². The highest BCUT2D eigenvalue weighted by Crippen LogP contribution is 2.42. The second-order valence-corrected chi connectivity index (χ2v) is 9.19. The third kappa shape index (κ3) is 4.85. The van der Waals surface area contributed by atoms with Crippen LogP contribution in [0.15, 0.2) is 42.6 Å². The molecule has 0 bridgehead atoms. The Hall–Kier alpha value is -4.01. The molecule has 1 aliphatic heterocycles. The van der Waals surface area contributed by atoms with E-state index in [-0.39, 0.29) is 11.7 Å². The summed E-state index contributed by atoms with van der Waals surface area (Å²) in [4.78, 5) is 27.0. The summed E-state index contributed by atoms with van der Waals surface area (Å²) in [5.41, 5.74) is 3.54. The van der Waals surface area contributed by atoms with Gasteiger partial charge in [0.1, 0.15) is 5.75 Å². The number of hydrogen-bond donors (Lipinski definition) is 0. The third-order valence-electron chi connectivity index (χ3n) is 7.19. The van der Waals surface area contributed by atoms with E-state index in [1.54, 1.807) is 34.6 Å². The number of Topliss-reactive ketones (excluding diaryl/α,β-unsaturated/α-hetero) is 1. The van der Waals surface area contributed by atoms with Gasteiger partial charge in [-0.3, -0.25) is 4.79 Å². The zero-order valence-corrected chi connectivity index (χ0v) is 21.7. The van der Waals surface area contributed by atoms with Gasteiger partial charge >= 0.3 is 0 Å². The van der Waals surface area contributed by atoms with Gasteiger partial charge in [-0.15, -0.1) is 0 Å². The number of rotatable bonds is 7. The van der Waals surface area contributed by atoms with E-state index in [0.29, 0.717) is 41.6 Å². The highest BCUT2D eigenvalue weighted by molar-refractivity contribution is 5.98. The first-order valence-corrected chi connectivity index (χ1v) is 12.4. The summed E-state index contributed by atoms with van der Waals surface area (Å²) in [5.74, 6) is 3.23. The van der Waals surface area contributed by atoms with Gasteiger partial charge in [-0.2, -0.15) is 0 Å². The molecule has 1 saturated heterocycles. The van der Waals surface area contributed by atoms with E-state index in [1.807, 2.05) is 24.3 Å². The first-order chi connectivity index (χ1) is 18.0. The number of methoxy groups -OCH3 is 4. The number of hydrogen-bond acceptors (Lipinski definition) is 9. The molecule has 3 aromatic rings. The van der Waals surface area contributed by atoms with Crippen LogP contribution in [0.2, 0.25) is 0 Å². The van der Waals surface area contributed by atoms with Crippen LogP contribution in [0.4, 0.5) is 11.6 Å². The first kappa shape index (κ1) is 24.7. The molecule has 0 amide bonds. The van der Waals surface area contributed by atoms with Gasteiger partial charge in [0.2, 0.25) is 11.7 Å². The molecule has 0 radical (unpaired) electrons. The lowest BCUT2D eigenvalue weighted by Crippen LogP contribution is -2.47. The molecule has 5 rings (SSSR count). The molecule has 1 aromatic heterocycles. The Morgan fingerprint density at radius 2 is 1.46 bits per heavy atom. The van der Waals surface area contributed by atoms with Gasteiger partial charge in [0.15, 0.2) is 17.3 Å². The summed E-state index contributed by atoms with van der Waals surface area (Å²) in [6.45, 7) is 3.32. The van der Waals surface area contributed by atoms with Crippen LogP contribution in [0.25, 0.3) is 0 Å². The quantitative estimate of drug-likeness (QED) is 0.477. The average Bonchev–Trinajstić information content (AvgIpc) is 2.96. The van der Waals surface area contributed by atoms with Crippen molar-refractivity contribution in [3.8, 4) is 23.0 Å². The molecule has 9 nitrogen and oxygen atoms in total. The normalized spacial score (nSPS) is 17.3. The van der Waals surface area contributed by atoms with Crippen LogP contribution in [0, 0.1) is 0 Å². The Morgan fingerprint density at radius 1 is 0.811 bits per heavy atom. The van der Waals surface area contributed by atoms with E-state index >= 15 is 0 Å². The number of ether oxygens (including phenoxy) is 4. The molecule has 1 aliphatic carbocycles. The van der Waals surface area contributed by atoms with Crippen LogP contribution in [0.5, 0.6) is 23.0 Å². The van der Waals surface area contributed by atoms with Crippen molar-refractivity contribution in [2.75, 3.05) is 64.4 Å². The number of ketones is 1. The van der Waals surface area contributed by atoms with E-state index in [4.69, 9.17) is 23.9 Å². The smallest absolute Gasteiger partial charge is 0.225 e. The predicted octanol–water partition coefficient (Wildman–Crippen LogP) is 3.75. The third-order valence-corrected chi connectivity index (χ3v) is 7.19. The Morgan fingerprint density at radius 3 is 2.05 bits per heavy atom. The number of aromatic nitrogens is 2. The predicted molar refractivity (Wildman–Crippen MR) is 141 cm³/mol. The van der Waals surface area contributed by atoms with Gasteiger partial charge < -0.3 is 28.7 Å². The number of fused-ring (bicyclic) bond motifs is 1. The molecular weight excluding hydrogens is 472 g/mol. The van der Waals surface area contributed by atoms with E-state index in [1.165, 1.54) is 5.69 Å². The Labute approximate surface area is 216 Å². The number of piperazine rings is 1. The van der Waals surface area contributed by atoms with Crippen molar-refractivity contribution in [3.63, 3.8) is 0 Å². The van der Waals surface area contributed by atoms with Gasteiger partial charge in [-0.1, -0.05) is 0 Å². The van der Waals surface area contributed by atoms with Crippen molar-refractivity contribution in [3.05, 3.63) is 59.4 Å². The second kappa shape index (κ2) is 10.5. The maximum absolute atomic E-state index is 13.0. The summed E-state index contributed by atoms with van der Waals surface area (Å²) in [6.07, 6.45) is 2.72. The molecule has 0 unspecified atom stereocenters. The monoisotopic (exact) mass is 504 g/mol. The van der Waals surface area contributed by atoms with Crippen LogP contribution in [-0.2, 0) is 6.42 Å². The lowest BCUT2D eigenvalue weighted by Gasteiger charge is -2.36. The zero-order chi connectivity index (χ0) is 25.9. The maximum atomic E-state index is 13.0. The SMILES string of the molecule is COc1ccc(N2CCN(c3ncc4c(n3)C[C@H](c3cc(OC)c(OC)c(OC)c3)CC4=O)CC2)cc1. The zero-order valence-electron chi connectivity index (χ0n) is 21.7. The fourth-order valence-corrected chi connectivity index (χ4v) is 5.12. The van der Waals surface area contributed by atoms with Gasteiger partial charge in [0.05, 0.1) is 39.7 Å². The van der Waals surface area contributed by atoms with Crippen LogP contribution in [0.3, 0.4) is 0 Å². The van der Waals surface area contributed by atoms with Crippen molar-refractivity contribution < 1.29 is 23.7 Å².